The molecule has 1 aromatic heterocycles. The number of aryl methyl sites for hydroxylation is 1. The molecule has 0 spiro atoms. The highest BCUT2D eigenvalue weighted by Gasteiger charge is 2.34. The number of aromatic nitrogens is 2. The lowest BCUT2D eigenvalue weighted by atomic mass is 9.95. The van der Waals surface area contributed by atoms with Crippen LogP contribution in [-0.4, -0.2) is 29.5 Å². The van der Waals surface area contributed by atoms with E-state index in [9.17, 15) is 0 Å². The van der Waals surface area contributed by atoms with Crippen LogP contribution in [0.5, 0.6) is 0 Å². The molecule has 0 aromatic carbocycles. The lowest BCUT2D eigenvalue weighted by Gasteiger charge is -2.26. The van der Waals surface area contributed by atoms with Gasteiger partial charge < -0.3 is 10.1 Å². The van der Waals surface area contributed by atoms with Crippen LogP contribution in [0.3, 0.4) is 0 Å². The molecule has 1 fully saturated rings. The van der Waals surface area contributed by atoms with E-state index in [4.69, 9.17) is 16.3 Å². The highest BCUT2D eigenvalue weighted by atomic mass is 35.5. The molecule has 0 bridgehead atoms. The number of hydrogen-bond donors (Lipinski definition) is 1. The molecule has 1 aromatic rings. The monoisotopic (exact) mass is 243 g/mol. The summed E-state index contributed by atoms with van der Waals surface area (Å²) in [6.07, 6.45) is 2.97. The average Bonchev–Trinajstić information content (AvgIpc) is 2.80. The van der Waals surface area contributed by atoms with Crippen LogP contribution < -0.4 is 5.32 Å². The molecule has 1 saturated heterocycles. The molecule has 0 saturated carbocycles. The lowest BCUT2D eigenvalue weighted by Crippen LogP contribution is -2.34. The Morgan fingerprint density at radius 1 is 1.69 bits per heavy atom. The molecular weight excluding hydrogens is 226 g/mol. The van der Waals surface area contributed by atoms with Crippen LogP contribution in [0.25, 0.3) is 0 Å². The SMILES string of the molecule is CNC(c1c(Cl)cnn1C)C1OCCC1C. The summed E-state index contributed by atoms with van der Waals surface area (Å²) in [7, 11) is 3.84. The summed E-state index contributed by atoms with van der Waals surface area (Å²) in [5, 5.41) is 8.16. The first-order chi connectivity index (χ1) is 7.65. The van der Waals surface area contributed by atoms with Crippen molar-refractivity contribution >= 4 is 11.6 Å². The van der Waals surface area contributed by atoms with E-state index in [1.807, 2.05) is 18.8 Å². The second-order valence-electron chi connectivity index (χ2n) is 4.37. The van der Waals surface area contributed by atoms with Crippen LogP contribution in [0.4, 0.5) is 0 Å². The Morgan fingerprint density at radius 2 is 2.44 bits per heavy atom. The predicted molar refractivity (Wildman–Crippen MR) is 63.5 cm³/mol. The zero-order chi connectivity index (χ0) is 11.7. The summed E-state index contributed by atoms with van der Waals surface area (Å²) in [4.78, 5) is 0. The van der Waals surface area contributed by atoms with Crippen molar-refractivity contribution < 1.29 is 4.74 Å². The Bertz CT molecular complexity index is 347. The van der Waals surface area contributed by atoms with Gasteiger partial charge >= 0.3 is 0 Å². The first kappa shape index (κ1) is 11.9. The van der Waals surface area contributed by atoms with E-state index in [1.165, 1.54) is 0 Å². The third-order valence-corrected chi connectivity index (χ3v) is 3.61. The van der Waals surface area contributed by atoms with Gasteiger partial charge in [-0.25, -0.2) is 0 Å². The summed E-state index contributed by atoms with van der Waals surface area (Å²) in [5.41, 5.74) is 1.00. The van der Waals surface area contributed by atoms with Gasteiger partial charge in [0.2, 0.25) is 0 Å². The summed E-state index contributed by atoms with van der Waals surface area (Å²) < 4.78 is 7.61. The lowest BCUT2D eigenvalue weighted by molar-refractivity contribution is 0.0607. The summed E-state index contributed by atoms with van der Waals surface area (Å²) in [5.74, 6) is 0.545. The van der Waals surface area contributed by atoms with Gasteiger partial charge in [0.25, 0.3) is 0 Å². The van der Waals surface area contributed by atoms with Crippen molar-refractivity contribution in [3.05, 3.63) is 16.9 Å². The fourth-order valence-corrected chi connectivity index (χ4v) is 2.65. The fourth-order valence-electron chi connectivity index (χ4n) is 2.37. The molecule has 0 aliphatic carbocycles. The first-order valence-corrected chi connectivity index (χ1v) is 5.99. The van der Waals surface area contributed by atoms with Crippen molar-refractivity contribution in [3.63, 3.8) is 0 Å². The number of ether oxygens (including phenoxy) is 1. The maximum absolute atomic E-state index is 6.17. The van der Waals surface area contributed by atoms with Gasteiger partial charge in [-0.2, -0.15) is 5.10 Å². The van der Waals surface area contributed by atoms with E-state index in [2.05, 4.69) is 17.3 Å². The van der Waals surface area contributed by atoms with E-state index in [0.29, 0.717) is 10.9 Å². The van der Waals surface area contributed by atoms with Crippen LogP contribution in [0.1, 0.15) is 25.1 Å². The number of hydrogen-bond acceptors (Lipinski definition) is 3. The van der Waals surface area contributed by atoms with E-state index < -0.39 is 0 Å². The van der Waals surface area contributed by atoms with Crippen molar-refractivity contribution in [2.24, 2.45) is 13.0 Å². The summed E-state index contributed by atoms with van der Waals surface area (Å²) >= 11 is 6.17. The number of halogens is 1. The molecule has 1 aliphatic heterocycles. The van der Waals surface area contributed by atoms with Gasteiger partial charge in [-0.05, 0) is 19.4 Å². The van der Waals surface area contributed by atoms with E-state index >= 15 is 0 Å². The molecule has 0 amide bonds. The fraction of sp³-hybridized carbons (Fsp3) is 0.727. The molecule has 2 rings (SSSR count). The van der Waals surface area contributed by atoms with Crippen molar-refractivity contribution in [2.45, 2.75) is 25.5 Å². The maximum atomic E-state index is 6.17. The zero-order valence-electron chi connectivity index (χ0n) is 9.90. The van der Waals surface area contributed by atoms with E-state index in [1.54, 1.807) is 6.20 Å². The Morgan fingerprint density at radius 3 is 2.88 bits per heavy atom. The molecule has 0 radical (unpaired) electrons. The van der Waals surface area contributed by atoms with Crippen LogP contribution in [-0.2, 0) is 11.8 Å². The summed E-state index contributed by atoms with van der Waals surface area (Å²) in [6, 6.07) is 0.109. The van der Waals surface area contributed by atoms with Gasteiger partial charge in [-0.1, -0.05) is 18.5 Å². The third kappa shape index (κ3) is 1.97. The molecule has 4 nitrogen and oxygen atoms in total. The Balaban J connectivity index is 2.28. The minimum absolute atomic E-state index is 0.109. The predicted octanol–water partition coefficient (Wildman–Crippen LogP) is 1.76. The Labute approximate surface area is 101 Å². The minimum Gasteiger partial charge on any atom is -0.376 e. The second-order valence-corrected chi connectivity index (χ2v) is 4.78. The van der Waals surface area contributed by atoms with Crippen molar-refractivity contribution in [2.75, 3.05) is 13.7 Å². The molecule has 1 N–H and O–H groups in total. The number of nitrogens with one attached hydrogen (secondary N) is 1. The van der Waals surface area contributed by atoms with Crippen molar-refractivity contribution in [1.29, 1.82) is 0 Å². The van der Waals surface area contributed by atoms with Gasteiger partial charge in [-0.15, -0.1) is 0 Å². The molecule has 90 valence electrons. The second kappa shape index (κ2) is 4.73. The third-order valence-electron chi connectivity index (χ3n) is 3.32. The smallest absolute Gasteiger partial charge is 0.0835 e. The molecule has 3 unspecified atom stereocenters. The molecule has 3 atom stereocenters. The highest BCUT2D eigenvalue weighted by Crippen LogP contribution is 2.33. The number of likely N-dealkylation sites (N-methyl/N-ethyl adjacent to an activating group) is 1. The standard InChI is InChI=1S/C11H18ClN3O/c1-7-4-5-16-11(7)9(13-2)10-8(12)6-14-15(10)3/h6-7,9,11,13H,4-5H2,1-3H3. The molecule has 5 heteroatoms. The maximum Gasteiger partial charge on any atom is 0.0835 e. The first-order valence-electron chi connectivity index (χ1n) is 5.61. The van der Waals surface area contributed by atoms with Gasteiger partial charge in [0, 0.05) is 13.7 Å². The molecular formula is C11H18ClN3O. The average molecular weight is 244 g/mol. The van der Waals surface area contributed by atoms with Crippen molar-refractivity contribution in [3.8, 4) is 0 Å². The Hall–Kier alpha value is -0.580. The normalized spacial score (nSPS) is 27.2. The molecule has 1 aliphatic rings. The van der Waals surface area contributed by atoms with Crippen LogP contribution in [0.2, 0.25) is 5.02 Å². The zero-order valence-corrected chi connectivity index (χ0v) is 10.7. The van der Waals surface area contributed by atoms with Gasteiger partial charge in [0.1, 0.15) is 0 Å². The van der Waals surface area contributed by atoms with Crippen LogP contribution in [0.15, 0.2) is 6.20 Å². The van der Waals surface area contributed by atoms with E-state index in [-0.39, 0.29) is 12.1 Å². The molecule has 2 heterocycles. The van der Waals surface area contributed by atoms with Gasteiger partial charge in [0.15, 0.2) is 0 Å². The number of nitrogens with zero attached hydrogens (tertiary/aromatic N) is 2. The minimum atomic E-state index is 0.109. The van der Waals surface area contributed by atoms with Crippen molar-refractivity contribution in [1.82, 2.24) is 15.1 Å². The van der Waals surface area contributed by atoms with Crippen LogP contribution >= 0.6 is 11.6 Å². The molecule has 16 heavy (non-hydrogen) atoms. The van der Waals surface area contributed by atoms with Crippen LogP contribution in [0, 0.1) is 5.92 Å². The summed E-state index contributed by atoms with van der Waals surface area (Å²) in [6.45, 7) is 3.05. The van der Waals surface area contributed by atoms with Gasteiger partial charge in [0.05, 0.1) is 29.1 Å². The van der Waals surface area contributed by atoms with E-state index in [0.717, 1.165) is 18.7 Å². The Kier molecular flexibility index (Phi) is 3.52. The largest absolute Gasteiger partial charge is 0.376 e. The topological polar surface area (TPSA) is 39.1 Å². The quantitative estimate of drug-likeness (QED) is 0.879. The highest BCUT2D eigenvalue weighted by molar-refractivity contribution is 6.31. The number of rotatable bonds is 3. The van der Waals surface area contributed by atoms with Gasteiger partial charge in [-0.3, -0.25) is 4.68 Å².